The molecule has 0 aromatic heterocycles. The van der Waals surface area contributed by atoms with Crippen LogP contribution in [0.4, 0.5) is 0 Å². The zero-order chi connectivity index (χ0) is 18.4. The number of rotatable bonds is 7. The van der Waals surface area contributed by atoms with Crippen molar-refractivity contribution < 1.29 is 9.84 Å². The highest BCUT2D eigenvalue weighted by molar-refractivity contribution is 5.29. The van der Waals surface area contributed by atoms with E-state index in [1.54, 1.807) is 0 Å². The number of likely N-dealkylation sites (tertiary alicyclic amines) is 1. The lowest BCUT2D eigenvalue weighted by Crippen LogP contribution is -2.48. The summed E-state index contributed by atoms with van der Waals surface area (Å²) in [6.07, 6.45) is 3.09. The fraction of sp³-hybridized carbons (Fsp3) is 0.478. The lowest BCUT2D eigenvalue weighted by molar-refractivity contribution is -0.0263. The van der Waals surface area contributed by atoms with Gasteiger partial charge < -0.3 is 9.84 Å². The molecule has 3 unspecified atom stereocenters. The zero-order valence-corrected chi connectivity index (χ0v) is 15.9. The Labute approximate surface area is 157 Å². The SMILES string of the molecule is CC1CCCC(C)N1CC(O)COC(c1ccccc1)c1ccccc1. The number of nitrogens with zero attached hydrogens (tertiary/aromatic N) is 1. The smallest absolute Gasteiger partial charge is 0.108 e. The van der Waals surface area contributed by atoms with E-state index in [2.05, 4.69) is 43.0 Å². The molecule has 2 aromatic carbocycles. The molecular formula is C23H31NO2. The van der Waals surface area contributed by atoms with E-state index in [-0.39, 0.29) is 6.10 Å². The number of β-amino-alcohol motifs (C(OH)–C–C–N with tert-alkyl or cyclic N) is 1. The number of benzene rings is 2. The van der Waals surface area contributed by atoms with Gasteiger partial charge in [0.25, 0.3) is 0 Å². The van der Waals surface area contributed by atoms with Crippen LogP contribution in [0.25, 0.3) is 0 Å². The van der Waals surface area contributed by atoms with Crippen LogP contribution >= 0.6 is 0 Å². The highest BCUT2D eigenvalue weighted by atomic mass is 16.5. The molecule has 0 aliphatic carbocycles. The molecule has 1 fully saturated rings. The van der Waals surface area contributed by atoms with Crippen LogP contribution in [0.3, 0.4) is 0 Å². The maximum absolute atomic E-state index is 10.6. The van der Waals surface area contributed by atoms with Crippen molar-refractivity contribution in [2.24, 2.45) is 0 Å². The number of hydrogen-bond donors (Lipinski definition) is 1. The molecule has 3 rings (SSSR count). The first-order valence-electron chi connectivity index (χ1n) is 9.80. The monoisotopic (exact) mass is 353 g/mol. The molecular weight excluding hydrogens is 322 g/mol. The number of hydrogen-bond acceptors (Lipinski definition) is 3. The lowest BCUT2D eigenvalue weighted by atomic mass is 9.97. The Morgan fingerprint density at radius 3 is 1.92 bits per heavy atom. The van der Waals surface area contributed by atoms with Crippen LogP contribution in [-0.4, -0.2) is 41.3 Å². The number of ether oxygens (including phenoxy) is 1. The van der Waals surface area contributed by atoms with Crippen LogP contribution < -0.4 is 0 Å². The van der Waals surface area contributed by atoms with Gasteiger partial charge >= 0.3 is 0 Å². The van der Waals surface area contributed by atoms with E-state index in [0.29, 0.717) is 25.2 Å². The third-order valence-electron chi connectivity index (χ3n) is 5.46. The van der Waals surface area contributed by atoms with Gasteiger partial charge in [-0.3, -0.25) is 4.90 Å². The molecule has 1 heterocycles. The first kappa shape index (κ1) is 19.1. The van der Waals surface area contributed by atoms with Crippen molar-refractivity contribution in [1.29, 1.82) is 0 Å². The molecule has 0 amide bonds. The fourth-order valence-electron chi connectivity index (χ4n) is 3.98. The highest BCUT2D eigenvalue weighted by Crippen LogP contribution is 2.27. The molecule has 26 heavy (non-hydrogen) atoms. The second-order valence-corrected chi connectivity index (χ2v) is 7.51. The summed E-state index contributed by atoms with van der Waals surface area (Å²) < 4.78 is 6.21. The molecule has 1 N–H and O–H groups in total. The third-order valence-corrected chi connectivity index (χ3v) is 5.46. The second-order valence-electron chi connectivity index (χ2n) is 7.51. The minimum absolute atomic E-state index is 0.150. The third kappa shape index (κ3) is 4.94. The van der Waals surface area contributed by atoms with Crippen LogP contribution in [0.1, 0.15) is 50.3 Å². The molecule has 0 saturated carbocycles. The summed E-state index contributed by atoms with van der Waals surface area (Å²) in [6.45, 7) is 5.54. The van der Waals surface area contributed by atoms with Crippen LogP contribution in [-0.2, 0) is 4.74 Å². The summed E-state index contributed by atoms with van der Waals surface area (Å²) in [5, 5.41) is 10.6. The normalized spacial score (nSPS) is 22.5. The van der Waals surface area contributed by atoms with Gasteiger partial charge in [-0.25, -0.2) is 0 Å². The van der Waals surface area contributed by atoms with Crippen LogP contribution in [0.15, 0.2) is 60.7 Å². The van der Waals surface area contributed by atoms with Gasteiger partial charge in [0.2, 0.25) is 0 Å². The molecule has 1 saturated heterocycles. The predicted molar refractivity (Wildman–Crippen MR) is 106 cm³/mol. The van der Waals surface area contributed by atoms with Gasteiger partial charge in [0, 0.05) is 18.6 Å². The zero-order valence-electron chi connectivity index (χ0n) is 15.9. The van der Waals surface area contributed by atoms with Crippen molar-refractivity contribution in [3.8, 4) is 0 Å². The minimum Gasteiger partial charge on any atom is -0.389 e. The Morgan fingerprint density at radius 2 is 1.42 bits per heavy atom. The Bertz CT molecular complexity index is 596. The van der Waals surface area contributed by atoms with E-state index in [1.165, 1.54) is 19.3 Å². The first-order valence-corrected chi connectivity index (χ1v) is 9.80. The quantitative estimate of drug-likeness (QED) is 0.800. The molecule has 0 bridgehead atoms. The number of aliphatic hydroxyl groups excluding tert-OH is 1. The van der Waals surface area contributed by atoms with Crippen molar-refractivity contribution in [3.63, 3.8) is 0 Å². The molecule has 3 nitrogen and oxygen atoms in total. The van der Waals surface area contributed by atoms with Crippen LogP contribution in [0.2, 0.25) is 0 Å². The molecule has 3 atom stereocenters. The van der Waals surface area contributed by atoms with E-state index in [4.69, 9.17) is 4.74 Å². The van der Waals surface area contributed by atoms with Crippen molar-refractivity contribution in [2.75, 3.05) is 13.2 Å². The standard InChI is InChI=1S/C23H31NO2/c1-18-10-9-11-19(2)24(18)16-22(25)17-26-23(20-12-5-3-6-13-20)21-14-7-4-8-15-21/h3-8,12-15,18-19,22-23,25H,9-11,16-17H2,1-2H3. The Morgan fingerprint density at radius 1 is 0.923 bits per heavy atom. The van der Waals surface area contributed by atoms with Gasteiger partial charge in [-0.15, -0.1) is 0 Å². The molecule has 3 heteroatoms. The van der Waals surface area contributed by atoms with Crippen molar-refractivity contribution in [3.05, 3.63) is 71.8 Å². The van der Waals surface area contributed by atoms with Crippen LogP contribution in [0.5, 0.6) is 0 Å². The average Bonchev–Trinajstić information content (AvgIpc) is 2.67. The summed E-state index contributed by atoms with van der Waals surface area (Å²) >= 11 is 0. The van der Waals surface area contributed by atoms with E-state index in [1.807, 2.05) is 36.4 Å². The van der Waals surface area contributed by atoms with E-state index < -0.39 is 6.10 Å². The van der Waals surface area contributed by atoms with E-state index in [0.717, 1.165) is 11.1 Å². The average molecular weight is 354 g/mol. The summed E-state index contributed by atoms with van der Waals surface area (Å²) in [5.74, 6) is 0. The number of piperidine rings is 1. The highest BCUT2D eigenvalue weighted by Gasteiger charge is 2.27. The largest absolute Gasteiger partial charge is 0.389 e. The van der Waals surface area contributed by atoms with Crippen LogP contribution in [0, 0.1) is 0 Å². The van der Waals surface area contributed by atoms with Gasteiger partial charge in [0.05, 0.1) is 12.7 Å². The topological polar surface area (TPSA) is 32.7 Å². The molecule has 1 aliphatic rings. The van der Waals surface area contributed by atoms with Gasteiger partial charge in [-0.1, -0.05) is 67.1 Å². The maximum atomic E-state index is 10.6. The van der Waals surface area contributed by atoms with Crippen molar-refractivity contribution >= 4 is 0 Å². The molecule has 2 aromatic rings. The van der Waals surface area contributed by atoms with E-state index in [9.17, 15) is 5.11 Å². The lowest BCUT2D eigenvalue weighted by Gasteiger charge is -2.40. The van der Waals surface area contributed by atoms with Gasteiger partial charge in [0.15, 0.2) is 0 Å². The molecule has 140 valence electrons. The summed E-state index contributed by atoms with van der Waals surface area (Å²) in [7, 11) is 0. The van der Waals surface area contributed by atoms with Crippen molar-refractivity contribution in [1.82, 2.24) is 4.90 Å². The molecule has 0 radical (unpaired) electrons. The Balaban J connectivity index is 1.64. The summed E-state index contributed by atoms with van der Waals surface area (Å²) in [4.78, 5) is 2.43. The summed E-state index contributed by atoms with van der Waals surface area (Å²) in [5.41, 5.74) is 2.23. The van der Waals surface area contributed by atoms with Gasteiger partial charge in [0.1, 0.15) is 6.10 Å². The number of aliphatic hydroxyl groups is 1. The van der Waals surface area contributed by atoms with Crippen molar-refractivity contribution in [2.45, 2.75) is 57.4 Å². The molecule has 1 aliphatic heterocycles. The van der Waals surface area contributed by atoms with E-state index >= 15 is 0 Å². The molecule has 0 spiro atoms. The summed E-state index contributed by atoms with van der Waals surface area (Å²) in [6, 6.07) is 21.5. The predicted octanol–water partition coefficient (Wildman–Crippen LogP) is 4.42. The Hall–Kier alpha value is -1.68. The Kier molecular flexibility index (Phi) is 6.84. The maximum Gasteiger partial charge on any atom is 0.108 e. The minimum atomic E-state index is -0.479. The van der Waals surface area contributed by atoms with Gasteiger partial charge in [-0.05, 0) is 37.8 Å². The first-order chi connectivity index (χ1) is 12.6. The van der Waals surface area contributed by atoms with Gasteiger partial charge in [-0.2, -0.15) is 0 Å². The second kappa shape index (κ2) is 9.31. The fourth-order valence-corrected chi connectivity index (χ4v) is 3.98.